The first-order valence-electron chi connectivity index (χ1n) is 9.99. The van der Waals surface area contributed by atoms with Crippen molar-refractivity contribution in [2.75, 3.05) is 36.4 Å². The highest BCUT2D eigenvalue weighted by Crippen LogP contribution is 2.21. The number of anilines is 3. The van der Waals surface area contributed by atoms with Crippen LogP contribution in [0.2, 0.25) is 0 Å². The summed E-state index contributed by atoms with van der Waals surface area (Å²) in [5.41, 5.74) is 5.98. The lowest BCUT2D eigenvalue weighted by Crippen LogP contribution is -2.49. The van der Waals surface area contributed by atoms with Gasteiger partial charge in [0.1, 0.15) is 5.69 Å². The van der Waals surface area contributed by atoms with E-state index in [-0.39, 0.29) is 5.91 Å². The number of hydrogen-bond donors (Lipinski definition) is 1. The fraction of sp³-hybridized carbons (Fsp3) is 0.250. The molecule has 3 aromatic rings. The quantitative estimate of drug-likeness (QED) is 0.722. The Morgan fingerprint density at radius 3 is 2.24 bits per heavy atom. The number of para-hydroxylation sites is 1. The largest absolute Gasteiger partial charge is 0.368 e. The molecule has 1 saturated heterocycles. The van der Waals surface area contributed by atoms with Crippen molar-refractivity contribution in [2.24, 2.45) is 0 Å². The standard InChI is InChI=1S/C24H26N4O/c1-18-14-19(2)16-21(15-18)26-20-8-9-25-23(17-20)24(29)28-12-10-27(11-13-28)22-6-4-3-5-7-22/h3-9,14-17H,10-13H2,1-2H3,(H,25,26). The van der Waals surface area contributed by atoms with Crippen molar-refractivity contribution in [3.63, 3.8) is 0 Å². The van der Waals surface area contributed by atoms with Crippen molar-refractivity contribution in [3.05, 3.63) is 83.7 Å². The van der Waals surface area contributed by atoms with Crippen LogP contribution in [-0.4, -0.2) is 42.0 Å². The van der Waals surface area contributed by atoms with Crippen LogP contribution in [0.3, 0.4) is 0 Å². The van der Waals surface area contributed by atoms with Gasteiger partial charge in [-0.3, -0.25) is 9.78 Å². The highest BCUT2D eigenvalue weighted by atomic mass is 16.2. The topological polar surface area (TPSA) is 48.5 Å². The maximum atomic E-state index is 13.0. The molecule has 4 rings (SSSR count). The van der Waals surface area contributed by atoms with Gasteiger partial charge in [-0.1, -0.05) is 24.3 Å². The normalized spacial score (nSPS) is 14.0. The van der Waals surface area contributed by atoms with Gasteiger partial charge in [0.15, 0.2) is 0 Å². The zero-order valence-corrected chi connectivity index (χ0v) is 16.9. The van der Waals surface area contributed by atoms with Gasteiger partial charge >= 0.3 is 0 Å². The molecule has 1 fully saturated rings. The maximum absolute atomic E-state index is 13.0. The second kappa shape index (κ2) is 8.35. The number of benzene rings is 2. The first kappa shape index (κ1) is 19.0. The van der Waals surface area contributed by atoms with Gasteiger partial charge in [-0.15, -0.1) is 0 Å². The molecular formula is C24H26N4O. The zero-order chi connectivity index (χ0) is 20.2. The maximum Gasteiger partial charge on any atom is 0.272 e. The Morgan fingerprint density at radius 2 is 1.55 bits per heavy atom. The predicted octanol–water partition coefficient (Wildman–Crippen LogP) is 4.40. The minimum atomic E-state index is -0.0122. The summed E-state index contributed by atoms with van der Waals surface area (Å²) >= 11 is 0. The number of carbonyl (C=O) groups is 1. The van der Waals surface area contributed by atoms with Crippen molar-refractivity contribution < 1.29 is 4.79 Å². The van der Waals surface area contributed by atoms with Gasteiger partial charge in [-0.05, 0) is 61.4 Å². The van der Waals surface area contributed by atoms with E-state index >= 15 is 0 Å². The molecule has 1 amide bonds. The van der Waals surface area contributed by atoms with E-state index < -0.39 is 0 Å². The van der Waals surface area contributed by atoms with E-state index in [4.69, 9.17) is 0 Å². The average Bonchev–Trinajstić information content (AvgIpc) is 2.73. The Kier molecular flexibility index (Phi) is 5.47. The molecule has 148 valence electrons. The van der Waals surface area contributed by atoms with Crippen molar-refractivity contribution in [1.82, 2.24) is 9.88 Å². The Balaban J connectivity index is 1.42. The van der Waals surface area contributed by atoms with Crippen molar-refractivity contribution in [3.8, 4) is 0 Å². The van der Waals surface area contributed by atoms with Crippen molar-refractivity contribution >= 4 is 23.0 Å². The number of rotatable bonds is 4. The van der Waals surface area contributed by atoms with Crippen LogP contribution in [0, 0.1) is 13.8 Å². The third-order valence-corrected chi connectivity index (χ3v) is 5.18. The van der Waals surface area contributed by atoms with Gasteiger partial charge in [0, 0.05) is 49.4 Å². The molecule has 0 radical (unpaired) electrons. The number of amides is 1. The van der Waals surface area contributed by atoms with Gasteiger partial charge < -0.3 is 15.1 Å². The Labute approximate surface area is 172 Å². The summed E-state index contributed by atoms with van der Waals surface area (Å²) in [4.78, 5) is 21.5. The van der Waals surface area contributed by atoms with Crippen LogP contribution >= 0.6 is 0 Å². The average molecular weight is 386 g/mol. The van der Waals surface area contributed by atoms with Gasteiger partial charge in [-0.2, -0.15) is 0 Å². The summed E-state index contributed by atoms with van der Waals surface area (Å²) in [6.45, 7) is 7.21. The molecule has 2 aromatic carbocycles. The molecule has 5 heteroatoms. The van der Waals surface area contributed by atoms with Gasteiger partial charge in [0.25, 0.3) is 5.91 Å². The van der Waals surface area contributed by atoms with E-state index in [1.54, 1.807) is 6.20 Å². The lowest BCUT2D eigenvalue weighted by Gasteiger charge is -2.36. The lowest BCUT2D eigenvalue weighted by atomic mass is 10.1. The molecule has 0 bridgehead atoms. The number of aromatic nitrogens is 1. The summed E-state index contributed by atoms with van der Waals surface area (Å²) in [7, 11) is 0. The molecule has 0 aliphatic carbocycles. The van der Waals surface area contributed by atoms with Crippen LogP contribution in [0.15, 0.2) is 66.9 Å². The number of pyridine rings is 1. The molecule has 0 spiro atoms. The fourth-order valence-electron chi connectivity index (χ4n) is 3.81. The molecule has 5 nitrogen and oxygen atoms in total. The van der Waals surface area contributed by atoms with E-state index in [9.17, 15) is 4.79 Å². The summed E-state index contributed by atoms with van der Waals surface area (Å²) in [5, 5.41) is 3.39. The minimum absolute atomic E-state index is 0.0122. The van der Waals surface area contributed by atoms with Gasteiger partial charge in [0.2, 0.25) is 0 Å². The molecule has 1 N–H and O–H groups in total. The van der Waals surface area contributed by atoms with Crippen LogP contribution < -0.4 is 10.2 Å². The van der Waals surface area contributed by atoms with Crippen LogP contribution in [0.1, 0.15) is 21.6 Å². The predicted molar refractivity (Wildman–Crippen MR) is 118 cm³/mol. The van der Waals surface area contributed by atoms with Gasteiger partial charge in [0.05, 0.1) is 0 Å². The molecule has 1 aliphatic rings. The molecule has 1 aromatic heterocycles. The minimum Gasteiger partial charge on any atom is -0.368 e. The summed E-state index contributed by atoms with van der Waals surface area (Å²) < 4.78 is 0. The Bertz CT molecular complexity index is 975. The van der Waals surface area contributed by atoms with Crippen molar-refractivity contribution in [2.45, 2.75) is 13.8 Å². The Morgan fingerprint density at radius 1 is 0.862 bits per heavy atom. The first-order chi connectivity index (χ1) is 14.1. The monoisotopic (exact) mass is 386 g/mol. The highest BCUT2D eigenvalue weighted by Gasteiger charge is 2.23. The van der Waals surface area contributed by atoms with Crippen LogP contribution in [0.5, 0.6) is 0 Å². The van der Waals surface area contributed by atoms with E-state index in [1.807, 2.05) is 35.2 Å². The number of nitrogens with zero attached hydrogens (tertiary/aromatic N) is 3. The van der Waals surface area contributed by atoms with E-state index in [1.165, 1.54) is 16.8 Å². The summed E-state index contributed by atoms with van der Waals surface area (Å²) in [6, 6.07) is 20.4. The number of piperazine rings is 1. The van der Waals surface area contributed by atoms with Crippen LogP contribution in [0.25, 0.3) is 0 Å². The second-order valence-electron chi connectivity index (χ2n) is 7.55. The third-order valence-electron chi connectivity index (χ3n) is 5.18. The first-order valence-corrected chi connectivity index (χ1v) is 9.99. The highest BCUT2D eigenvalue weighted by molar-refractivity contribution is 5.93. The molecule has 29 heavy (non-hydrogen) atoms. The van der Waals surface area contributed by atoms with E-state index in [0.29, 0.717) is 18.8 Å². The molecular weight excluding hydrogens is 360 g/mol. The smallest absolute Gasteiger partial charge is 0.272 e. The molecule has 2 heterocycles. The van der Waals surface area contributed by atoms with Gasteiger partial charge in [-0.25, -0.2) is 0 Å². The second-order valence-corrected chi connectivity index (χ2v) is 7.55. The lowest BCUT2D eigenvalue weighted by molar-refractivity contribution is 0.0741. The van der Waals surface area contributed by atoms with Crippen LogP contribution in [-0.2, 0) is 0 Å². The molecule has 0 unspecified atom stereocenters. The van der Waals surface area contributed by atoms with Crippen molar-refractivity contribution in [1.29, 1.82) is 0 Å². The number of aryl methyl sites for hydroxylation is 2. The van der Waals surface area contributed by atoms with E-state index in [2.05, 4.69) is 59.4 Å². The summed E-state index contributed by atoms with van der Waals surface area (Å²) in [5.74, 6) is -0.0122. The number of nitrogens with one attached hydrogen (secondary N) is 1. The summed E-state index contributed by atoms with van der Waals surface area (Å²) in [6.07, 6.45) is 1.69. The molecule has 0 saturated carbocycles. The zero-order valence-electron chi connectivity index (χ0n) is 16.9. The third kappa shape index (κ3) is 4.57. The van der Waals surface area contributed by atoms with Crippen LogP contribution in [0.4, 0.5) is 17.1 Å². The molecule has 0 atom stereocenters. The number of hydrogen-bond acceptors (Lipinski definition) is 4. The SMILES string of the molecule is Cc1cc(C)cc(Nc2ccnc(C(=O)N3CCN(c4ccccc4)CC3)c2)c1. The molecule has 1 aliphatic heterocycles. The fourth-order valence-corrected chi connectivity index (χ4v) is 3.81. The van der Waals surface area contributed by atoms with E-state index in [0.717, 1.165) is 24.5 Å². The number of carbonyl (C=O) groups excluding carboxylic acids is 1. The Hall–Kier alpha value is -3.34.